The highest BCUT2D eigenvalue weighted by molar-refractivity contribution is 6.02. The van der Waals surface area contributed by atoms with Crippen LogP contribution < -0.4 is 19.5 Å². The molecule has 2 amide bonds. The van der Waals surface area contributed by atoms with Crippen LogP contribution in [0, 0.1) is 0 Å². The monoisotopic (exact) mass is 509 g/mol. The maximum absolute atomic E-state index is 13.8. The Morgan fingerprint density at radius 3 is 2.22 bits per heavy atom. The summed E-state index contributed by atoms with van der Waals surface area (Å²) in [7, 11) is 6.45. The van der Waals surface area contributed by atoms with Crippen LogP contribution in [0.2, 0.25) is 0 Å². The number of likely N-dealkylation sites (N-methyl/N-ethyl adjacent to an activating group) is 1. The summed E-state index contributed by atoms with van der Waals surface area (Å²) in [6.45, 7) is 3.84. The van der Waals surface area contributed by atoms with E-state index in [0.29, 0.717) is 29.2 Å². The molecule has 2 aliphatic rings. The number of rotatable bonds is 9. The number of fused-ring (bicyclic) bond motifs is 1. The molecule has 1 fully saturated rings. The average Bonchev–Trinajstić information content (AvgIpc) is 3.21. The Labute approximate surface area is 219 Å². The van der Waals surface area contributed by atoms with Gasteiger partial charge in [-0.05, 0) is 74.3 Å². The number of amides is 2. The van der Waals surface area contributed by atoms with Crippen LogP contribution in [0.25, 0.3) is 0 Å². The van der Waals surface area contributed by atoms with E-state index in [9.17, 15) is 9.59 Å². The van der Waals surface area contributed by atoms with E-state index in [1.54, 1.807) is 38.3 Å². The molecule has 0 aliphatic carbocycles. The Morgan fingerprint density at radius 1 is 0.946 bits per heavy atom. The van der Waals surface area contributed by atoms with Gasteiger partial charge in [0.2, 0.25) is 5.91 Å². The zero-order valence-corrected chi connectivity index (χ0v) is 22.4. The number of likely N-dealkylation sites (tertiary alicyclic amines) is 1. The maximum Gasteiger partial charge on any atom is 0.254 e. The van der Waals surface area contributed by atoms with Crippen LogP contribution in [0.15, 0.2) is 36.4 Å². The molecule has 8 nitrogen and oxygen atoms in total. The molecule has 200 valence electrons. The lowest BCUT2D eigenvalue weighted by atomic mass is 9.79. The van der Waals surface area contributed by atoms with Crippen LogP contribution in [0.5, 0.6) is 17.2 Å². The average molecular weight is 510 g/mol. The minimum atomic E-state index is -0.607. The Morgan fingerprint density at radius 2 is 1.59 bits per heavy atom. The predicted molar refractivity (Wildman–Crippen MR) is 143 cm³/mol. The van der Waals surface area contributed by atoms with E-state index in [4.69, 9.17) is 14.2 Å². The van der Waals surface area contributed by atoms with Gasteiger partial charge in [-0.15, -0.1) is 0 Å². The van der Waals surface area contributed by atoms with Crippen molar-refractivity contribution in [1.82, 2.24) is 15.1 Å². The van der Waals surface area contributed by atoms with E-state index in [2.05, 4.69) is 10.2 Å². The minimum Gasteiger partial charge on any atom is -0.497 e. The molecule has 2 atom stereocenters. The number of ether oxygens (including phenoxy) is 3. The molecule has 0 bridgehead atoms. The molecule has 2 heterocycles. The van der Waals surface area contributed by atoms with E-state index < -0.39 is 12.0 Å². The molecule has 8 heteroatoms. The fourth-order valence-electron chi connectivity index (χ4n) is 5.53. The van der Waals surface area contributed by atoms with Crippen molar-refractivity contribution in [2.45, 2.75) is 44.1 Å². The highest BCUT2D eigenvalue weighted by Gasteiger charge is 2.43. The third kappa shape index (κ3) is 5.85. The molecule has 2 unspecified atom stereocenters. The van der Waals surface area contributed by atoms with Crippen LogP contribution in [0.3, 0.4) is 0 Å². The number of hydrogen-bond donors (Lipinski definition) is 1. The Bertz CT molecular complexity index is 1080. The smallest absolute Gasteiger partial charge is 0.254 e. The van der Waals surface area contributed by atoms with Gasteiger partial charge < -0.3 is 29.3 Å². The summed E-state index contributed by atoms with van der Waals surface area (Å²) in [5.41, 5.74) is 1.96. The SMILES string of the molecule is COc1ccc(C2C(C(=O)NCCCN3CCCCCC3)c3cc(OC)c(OC)cc3C(=O)N2C)cc1. The van der Waals surface area contributed by atoms with Crippen molar-refractivity contribution in [1.29, 1.82) is 0 Å². The molecule has 37 heavy (non-hydrogen) atoms. The van der Waals surface area contributed by atoms with E-state index in [1.807, 2.05) is 24.3 Å². The first-order valence-corrected chi connectivity index (χ1v) is 13.2. The molecule has 1 saturated heterocycles. The van der Waals surface area contributed by atoms with E-state index in [-0.39, 0.29) is 11.8 Å². The number of nitrogens with one attached hydrogen (secondary N) is 1. The second-order valence-electron chi connectivity index (χ2n) is 9.81. The van der Waals surface area contributed by atoms with Crippen LogP contribution in [0.4, 0.5) is 0 Å². The number of hydrogen-bond acceptors (Lipinski definition) is 6. The van der Waals surface area contributed by atoms with Gasteiger partial charge in [0.05, 0.1) is 33.3 Å². The van der Waals surface area contributed by atoms with Crippen molar-refractivity contribution in [3.63, 3.8) is 0 Å². The standard InChI is InChI=1S/C29H39N3O5/c1-31-27(20-10-12-21(35-2)13-11-20)26(22-18-24(36-3)25(37-4)19-23(22)29(31)34)28(33)30-14-9-17-32-15-7-5-6-8-16-32/h10-13,18-19,26-27H,5-9,14-17H2,1-4H3,(H,30,33). The molecule has 2 aliphatic heterocycles. The van der Waals surface area contributed by atoms with Crippen molar-refractivity contribution in [2.24, 2.45) is 0 Å². The van der Waals surface area contributed by atoms with Gasteiger partial charge in [0.15, 0.2) is 11.5 Å². The van der Waals surface area contributed by atoms with E-state index in [1.165, 1.54) is 32.8 Å². The van der Waals surface area contributed by atoms with Crippen molar-refractivity contribution in [2.75, 3.05) is 54.6 Å². The third-order valence-corrected chi connectivity index (χ3v) is 7.56. The van der Waals surface area contributed by atoms with Gasteiger partial charge in [-0.25, -0.2) is 0 Å². The summed E-state index contributed by atoms with van der Waals surface area (Å²) in [5, 5.41) is 3.17. The molecular formula is C29H39N3O5. The fraction of sp³-hybridized carbons (Fsp3) is 0.517. The molecule has 2 aromatic rings. The largest absolute Gasteiger partial charge is 0.497 e. The van der Waals surface area contributed by atoms with Gasteiger partial charge in [-0.1, -0.05) is 25.0 Å². The summed E-state index contributed by atoms with van der Waals surface area (Å²) < 4.78 is 16.3. The highest BCUT2D eigenvalue weighted by atomic mass is 16.5. The number of methoxy groups -OCH3 is 3. The lowest BCUT2D eigenvalue weighted by molar-refractivity contribution is -0.124. The van der Waals surface area contributed by atoms with E-state index in [0.717, 1.165) is 37.4 Å². The summed E-state index contributed by atoms with van der Waals surface area (Å²) in [4.78, 5) is 31.5. The number of nitrogens with zero attached hydrogens (tertiary/aromatic N) is 2. The molecule has 4 rings (SSSR count). The van der Waals surface area contributed by atoms with Crippen LogP contribution in [-0.4, -0.2) is 76.2 Å². The normalized spacial score (nSPS) is 20.1. The number of benzene rings is 2. The Hall–Kier alpha value is -3.26. The summed E-state index contributed by atoms with van der Waals surface area (Å²) in [5.74, 6) is 0.791. The molecular weight excluding hydrogens is 470 g/mol. The molecule has 0 spiro atoms. The lowest BCUT2D eigenvalue weighted by Gasteiger charge is -2.40. The summed E-state index contributed by atoms with van der Waals surface area (Å²) in [6.07, 6.45) is 6.00. The fourth-order valence-corrected chi connectivity index (χ4v) is 5.53. The predicted octanol–water partition coefficient (Wildman–Crippen LogP) is 4.01. The zero-order valence-electron chi connectivity index (χ0n) is 22.4. The second-order valence-corrected chi connectivity index (χ2v) is 9.81. The van der Waals surface area contributed by atoms with Crippen molar-refractivity contribution in [3.8, 4) is 17.2 Å². The number of carbonyl (C=O) groups is 2. The second kappa shape index (κ2) is 12.3. The van der Waals surface area contributed by atoms with Crippen LogP contribution in [0.1, 0.15) is 65.5 Å². The molecule has 0 radical (unpaired) electrons. The highest BCUT2D eigenvalue weighted by Crippen LogP contribution is 2.45. The zero-order chi connectivity index (χ0) is 26.4. The van der Waals surface area contributed by atoms with Crippen molar-refractivity contribution < 1.29 is 23.8 Å². The molecule has 2 aromatic carbocycles. The quantitative estimate of drug-likeness (QED) is 0.515. The molecule has 1 N–H and O–H groups in total. The number of carbonyl (C=O) groups excluding carboxylic acids is 2. The topological polar surface area (TPSA) is 80.3 Å². The van der Waals surface area contributed by atoms with Gasteiger partial charge in [-0.3, -0.25) is 9.59 Å². The molecule has 0 saturated carbocycles. The van der Waals surface area contributed by atoms with Gasteiger partial charge in [0, 0.05) is 19.2 Å². The summed E-state index contributed by atoms with van der Waals surface area (Å²) in [6, 6.07) is 10.5. The lowest BCUT2D eigenvalue weighted by Crippen LogP contribution is -2.46. The van der Waals surface area contributed by atoms with Crippen molar-refractivity contribution in [3.05, 3.63) is 53.1 Å². The van der Waals surface area contributed by atoms with Crippen LogP contribution >= 0.6 is 0 Å². The Kier molecular flexibility index (Phi) is 8.92. The van der Waals surface area contributed by atoms with Crippen LogP contribution in [-0.2, 0) is 4.79 Å². The maximum atomic E-state index is 13.8. The Balaban J connectivity index is 1.62. The van der Waals surface area contributed by atoms with Crippen molar-refractivity contribution >= 4 is 11.8 Å². The molecule has 0 aromatic heterocycles. The van der Waals surface area contributed by atoms with E-state index >= 15 is 0 Å². The minimum absolute atomic E-state index is 0.107. The van der Waals surface area contributed by atoms with Gasteiger partial charge >= 0.3 is 0 Å². The summed E-state index contributed by atoms with van der Waals surface area (Å²) >= 11 is 0. The van der Waals surface area contributed by atoms with Gasteiger partial charge in [-0.2, -0.15) is 0 Å². The van der Waals surface area contributed by atoms with Gasteiger partial charge in [0.1, 0.15) is 5.75 Å². The first-order chi connectivity index (χ1) is 18.0. The first-order valence-electron chi connectivity index (χ1n) is 13.2. The van der Waals surface area contributed by atoms with Gasteiger partial charge in [0.25, 0.3) is 5.91 Å². The third-order valence-electron chi connectivity index (χ3n) is 7.56. The first kappa shape index (κ1) is 26.8.